The first-order valence-electron chi connectivity index (χ1n) is 6.61. The molecule has 1 heterocycles. The minimum absolute atomic E-state index is 0.545. The molecule has 0 amide bonds. The molecular weight excluding hydrogens is 250 g/mol. The molecule has 1 aromatic heterocycles. The predicted molar refractivity (Wildman–Crippen MR) is 79.2 cm³/mol. The van der Waals surface area contributed by atoms with Crippen LogP contribution in [-0.4, -0.2) is 21.3 Å². The van der Waals surface area contributed by atoms with Crippen molar-refractivity contribution in [2.45, 2.75) is 12.2 Å². The zero-order chi connectivity index (χ0) is 13.7. The van der Waals surface area contributed by atoms with E-state index in [0.717, 1.165) is 27.2 Å². The number of hydrogen-bond donors (Lipinski definition) is 2. The van der Waals surface area contributed by atoms with Crippen LogP contribution >= 0.6 is 0 Å². The molecule has 1 aliphatic rings. The molecule has 4 rings (SSSR count). The van der Waals surface area contributed by atoms with E-state index < -0.39 is 12.2 Å². The number of aliphatic hydroxyl groups is 2. The largest absolute Gasteiger partial charge is 0.386 e. The molecule has 2 unspecified atom stereocenters. The maximum Gasteiger partial charge on any atom is 0.126 e. The highest BCUT2D eigenvalue weighted by Crippen LogP contribution is 2.31. The quantitative estimate of drug-likeness (QED) is 0.613. The van der Waals surface area contributed by atoms with Crippen LogP contribution in [0.1, 0.15) is 17.4 Å². The lowest BCUT2D eigenvalue weighted by Gasteiger charge is -2.21. The summed E-state index contributed by atoms with van der Waals surface area (Å²) in [6.07, 6.45) is 1.57. The van der Waals surface area contributed by atoms with Gasteiger partial charge in [-0.05, 0) is 17.0 Å². The van der Waals surface area contributed by atoms with Crippen molar-refractivity contribution >= 4 is 27.8 Å². The van der Waals surface area contributed by atoms with Gasteiger partial charge in [0, 0.05) is 10.8 Å². The standard InChI is InChI=1S/C17H13NO2/c19-14-8-7-12-9-11-6-5-10-3-1-2-4-13(10)15(11)18-16(12)17(14)20/h1-9,14,17,19-20H. The molecule has 20 heavy (non-hydrogen) atoms. The van der Waals surface area contributed by atoms with Crippen LogP contribution in [0.5, 0.6) is 0 Å². The van der Waals surface area contributed by atoms with Crippen LogP contribution in [0.3, 0.4) is 0 Å². The topological polar surface area (TPSA) is 53.4 Å². The molecule has 2 atom stereocenters. The van der Waals surface area contributed by atoms with E-state index in [9.17, 15) is 10.2 Å². The van der Waals surface area contributed by atoms with Crippen molar-refractivity contribution in [3.05, 3.63) is 59.8 Å². The normalized spacial score (nSPS) is 21.3. The fourth-order valence-electron chi connectivity index (χ4n) is 2.78. The van der Waals surface area contributed by atoms with Crippen molar-refractivity contribution in [2.24, 2.45) is 0 Å². The maximum atomic E-state index is 10.1. The molecule has 2 aromatic carbocycles. The van der Waals surface area contributed by atoms with Crippen molar-refractivity contribution in [1.29, 1.82) is 0 Å². The molecule has 0 radical (unpaired) electrons. The van der Waals surface area contributed by atoms with Gasteiger partial charge in [0.1, 0.15) is 12.2 Å². The fraction of sp³-hybridized carbons (Fsp3) is 0.118. The monoisotopic (exact) mass is 263 g/mol. The Kier molecular flexibility index (Phi) is 2.39. The first kappa shape index (κ1) is 11.6. The third-order valence-electron chi connectivity index (χ3n) is 3.85. The number of rotatable bonds is 0. The number of hydrogen-bond acceptors (Lipinski definition) is 3. The van der Waals surface area contributed by atoms with Gasteiger partial charge in [-0.2, -0.15) is 0 Å². The van der Waals surface area contributed by atoms with Crippen molar-refractivity contribution in [2.75, 3.05) is 0 Å². The average Bonchev–Trinajstić information content (AvgIpc) is 2.49. The second-order valence-corrected chi connectivity index (χ2v) is 5.12. The molecule has 0 saturated heterocycles. The van der Waals surface area contributed by atoms with Crippen molar-refractivity contribution < 1.29 is 10.2 Å². The molecule has 1 aliphatic carbocycles. The lowest BCUT2D eigenvalue weighted by molar-refractivity contribution is 0.0443. The lowest BCUT2D eigenvalue weighted by atomic mass is 9.95. The van der Waals surface area contributed by atoms with E-state index in [-0.39, 0.29) is 0 Å². The minimum atomic E-state index is -0.960. The highest BCUT2D eigenvalue weighted by atomic mass is 16.3. The third kappa shape index (κ3) is 1.57. The summed E-state index contributed by atoms with van der Waals surface area (Å²) in [6, 6.07) is 14.2. The summed E-state index contributed by atoms with van der Waals surface area (Å²) in [4.78, 5) is 4.61. The summed E-state index contributed by atoms with van der Waals surface area (Å²) in [6.45, 7) is 0. The van der Waals surface area contributed by atoms with Crippen LogP contribution in [0, 0.1) is 0 Å². The number of pyridine rings is 1. The van der Waals surface area contributed by atoms with Crippen LogP contribution in [-0.2, 0) is 0 Å². The molecule has 0 bridgehead atoms. The number of nitrogens with zero attached hydrogens (tertiary/aromatic N) is 1. The second-order valence-electron chi connectivity index (χ2n) is 5.12. The number of fused-ring (bicyclic) bond motifs is 4. The van der Waals surface area contributed by atoms with Gasteiger partial charge in [-0.3, -0.25) is 0 Å². The van der Waals surface area contributed by atoms with Gasteiger partial charge < -0.3 is 10.2 Å². The first-order chi connectivity index (χ1) is 9.74. The smallest absolute Gasteiger partial charge is 0.126 e. The number of benzene rings is 2. The predicted octanol–water partition coefficient (Wildman–Crippen LogP) is 2.81. The van der Waals surface area contributed by atoms with Crippen molar-refractivity contribution in [3.8, 4) is 0 Å². The van der Waals surface area contributed by atoms with Gasteiger partial charge in [0.2, 0.25) is 0 Å². The average molecular weight is 263 g/mol. The van der Waals surface area contributed by atoms with E-state index >= 15 is 0 Å². The molecule has 3 heteroatoms. The van der Waals surface area contributed by atoms with Crippen molar-refractivity contribution in [1.82, 2.24) is 4.98 Å². The summed E-state index contributed by atoms with van der Waals surface area (Å²) in [7, 11) is 0. The Balaban J connectivity index is 2.11. The van der Waals surface area contributed by atoms with Crippen LogP contribution in [0.25, 0.3) is 27.8 Å². The van der Waals surface area contributed by atoms with Crippen LogP contribution in [0.4, 0.5) is 0 Å². The van der Waals surface area contributed by atoms with Crippen LogP contribution < -0.4 is 0 Å². The van der Waals surface area contributed by atoms with E-state index in [0.29, 0.717) is 5.69 Å². The number of aromatic nitrogens is 1. The molecule has 2 N–H and O–H groups in total. The summed E-state index contributed by atoms with van der Waals surface area (Å²) < 4.78 is 0. The van der Waals surface area contributed by atoms with Crippen LogP contribution in [0.2, 0.25) is 0 Å². The fourth-order valence-corrected chi connectivity index (χ4v) is 2.78. The molecular formula is C17H13NO2. The highest BCUT2D eigenvalue weighted by Gasteiger charge is 2.24. The van der Waals surface area contributed by atoms with Gasteiger partial charge in [0.05, 0.1) is 11.2 Å². The van der Waals surface area contributed by atoms with E-state index in [1.165, 1.54) is 0 Å². The number of aliphatic hydroxyl groups excluding tert-OH is 2. The third-order valence-corrected chi connectivity index (χ3v) is 3.85. The maximum absolute atomic E-state index is 10.1. The minimum Gasteiger partial charge on any atom is -0.386 e. The zero-order valence-electron chi connectivity index (χ0n) is 10.7. The van der Waals surface area contributed by atoms with Gasteiger partial charge in [0.15, 0.2) is 0 Å². The highest BCUT2D eigenvalue weighted by molar-refractivity contribution is 6.05. The zero-order valence-corrected chi connectivity index (χ0v) is 10.7. The molecule has 0 fully saturated rings. The van der Waals surface area contributed by atoms with E-state index in [1.54, 1.807) is 6.08 Å². The van der Waals surface area contributed by atoms with Gasteiger partial charge in [-0.1, -0.05) is 48.6 Å². The summed E-state index contributed by atoms with van der Waals surface area (Å²) in [5.41, 5.74) is 2.28. The molecule has 98 valence electrons. The molecule has 3 aromatic rings. The van der Waals surface area contributed by atoms with E-state index in [1.807, 2.05) is 42.5 Å². The second kappa shape index (κ2) is 4.13. The Labute approximate surface area is 115 Å². The Morgan fingerprint density at radius 3 is 2.65 bits per heavy atom. The SMILES string of the molecule is OC1C=Cc2cc3ccc4ccccc4c3nc2C1O. The van der Waals surface area contributed by atoms with Gasteiger partial charge in [-0.25, -0.2) is 4.98 Å². The van der Waals surface area contributed by atoms with E-state index in [2.05, 4.69) is 11.1 Å². The Bertz CT molecular complexity index is 854. The Morgan fingerprint density at radius 1 is 0.950 bits per heavy atom. The summed E-state index contributed by atoms with van der Waals surface area (Å²) >= 11 is 0. The summed E-state index contributed by atoms with van der Waals surface area (Å²) in [5, 5.41) is 23.0. The lowest BCUT2D eigenvalue weighted by Crippen LogP contribution is -2.20. The molecule has 0 saturated carbocycles. The van der Waals surface area contributed by atoms with Crippen LogP contribution in [0.15, 0.2) is 48.5 Å². The Morgan fingerprint density at radius 2 is 1.75 bits per heavy atom. The molecule has 0 aliphatic heterocycles. The summed E-state index contributed by atoms with van der Waals surface area (Å²) in [5.74, 6) is 0. The van der Waals surface area contributed by atoms with Crippen molar-refractivity contribution in [3.63, 3.8) is 0 Å². The van der Waals surface area contributed by atoms with Gasteiger partial charge in [-0.15, -0.1) is 0 Å². The van der Waals surface area contributed by atoms with Gasteiger partial charge >= 0.3 is 0 Å². The van der Waals surface area contributed by atoms with E-state index in [4.69, 9.17) is 0 Å². The molecule has 3 nitrogen and oxygen atoms in total. The first-order valence-corrected chi connectivity index (χ1v) is 6.61. The Hall–Kier alpha value is -2.23. The van der Waals surface area contributed by atoms with Gasteiger partial charge in [0.25, 0.3) is 0 Å². The molecule has 0 spiro atoms.